The lowest BCUT2D eigenvalue weighted by Gasteiger charge is -2.24. The molecule has 3 N–H and O–H groups in total. The molecule has 0 heterocycles. The Morgan fingerprint density at radius 1 is 1.19 bits per heavy atom. The van der Waals surface area contributed by atoms with Gasteiger partial charge in [0.2, 0.25) is 5.91 Å². The van der Waals surface area contributed by atoms with Crippen molar-refractivity contribution < 1.29 is 14.8 Å². The first-order valence-corrected chi connectivity index (χ1v) is 7.15. The molecule has 5 nitrogen and oxygen atoms in total. The molecule has 0 radical (unpaired) electrons. The molecule has 0 unspecified atom stereocenters. The van der Waals surface area contributed by atoms with Crippen LogP contribution in [0.3, 0.4) is 0 Å². The number of rotatable bonds is 5. The Labute approximate surface area is 125 Å². The van der Waals surface area contributed by atoms with Crippen molar-refractivity contribution in [3.05, 3.63) is 35.4 Å². The lowest BCUT2D eigenvalue weighted by Crippen LogP contribution is -2.37. The Bertz CT molecular complexity index is 489. The van der Waals surface area contributed by atoms with Gasteiger partial charge in [-0.3, -0.25) is 14.8 Å². The van der Waals surface area contributed by atoms with Gasteiger partial charge in [-0.25, -0.2) is 5.48 Å². The predicted molar refractivity (Wildman–Crippen MR) is 80.9 cm³/mol. The number of nitrogens with one attached hydrogen (secondary N) is 2. The molecule has 0 saturated heterocycles. The molecule has 1 aromatic rings. The maximum absolute atomic E-state index is 12.1. The normalized spacial score (nSPS) is 12.6. The summed E-state index contributed by atoms with van der Waals surface area (Å²) in [6.07, 6.45) is 1.77. The molecule has 0 fully saturated rings. The minimum atomic E-state index is -0.549. The number of carbonyl (C=O) groups is 2. The summed E-state index contributed by atoms with van der Waals surface area (Å²) in [6, 6.07) is 6.79. The molecule has 0 saturated carbocycles. The van der Waals surface area contributed by atoms with Gasteiger partial charge in [-0.1, -0.05) is 46.2 Å². The van der Waals surface area contributed by atoms with E-state index in [1.807, 2.05) is 20.8 Å². The molecular weight excluding hydrogens is 268 g/mol. The average molecular weight is 292 g/mol. The standard InChI is InChI=1S/C16H24N2O3/c1-5-6-13(17-15(20)16(2,3)4)11-7-9-12(10-8-11)14(19)18-21/h7-10,13,21H,5-6H2,1-4H3,(H,17,20)(H,18,19)/t13-/m1/s1. The molecule has 0 aliphatic heterocycles. The molecule has 0 spiro atoms. The smallest absolute Gasteiger partial charge is 0.274 e. The third-order valence-corrected chi connectivity index (χ3v) is 3.24. The van der Waals surface area contributed by atoms with Gasteiger partial charge in [-0.15, -0.1) is 0 Å². The average Bonchev–Trinajstić information content (AvgIpc) is 2.45. The van der Waals surface area contributed by atoms with Crippen LogP contribution in [0.2, 0.25) is 0 Å². The van der Waals surface area contributed by atoms with Crippen molar-refractivity contribution in [2.45, 2.75) is 46.6 Å². The lowest BCUT2D eigenvalue weighted by atomic mass is 9.93. The molecule has 0 aliphatic carbocycles. The van der Waals surface area contributed by atoms with Crippen molar-refractivity contribution in [1.82, 2.24) is 10.8 Å². The van der Waals surface area contributed by atoms with Crippen molar-refractivity contribution in [1.29, 1.82) is 0 Å². The number of benzene rings is 1. The molecule has 1 rings (SSSR count). The van der Waals surface area contributed by atoms with Crippen LogP contribution in [-0.4, -0.2) is 17.0 Å². The maximum atomic E-state index is 12.1. The van der Waals surface area contributed by atoms with Crippen LogP contribution in [0.1, 0.15) is 62.5 Å². The fraction of sp³-hybridized carbons (Fsp3) is 0.500. The molecule has 116 valence electrons. The Morgan fingerprint density at radius 3 is 2.19 bits per heavy atom. The van der Waals surface area contributed by atoms with Gasteiger partial charge in [-0.2, -0.15) is 0 Å². The zero-order valence-electron chi connectivity index (χ0n) is 13.1. The van der Waals surface area contributed by atoms with Crippen molar-refractivity contribution in [3.8, 4) is 0 Å². The van der Waals surface area contributed by atoms with E-state index < -0.39 is 11.3 Å². The predicted octanol–water partition coefficient (Wildman–Crippen LogP) is 2.81. The Balaban J connectivity index is 2.90. The largest absolute Gasteiger partial charge is 0.349 e. The van der Waals surface area contributed by atoms with Gasteiger partial charge >= 0.3 is 0 Å². The van der Waals surface area contributed by atoms with Crippen molar-refractivity contribution in [3.63, 3.8) is 0 Å². The summed E-state index contributed by atoms with van der Waals surface area (Å²) < 4.78 is 0. The summed E-state index contributed by atoms with van der Waals surface area (Å²) >= 11 is 0. The van der Waals surface area contributed by atoms with Crippen LogP contribution in [0.4, 0.5) is 0 Å². The molecule has 1 atom stereocenters. The highest BCUT2D eigenvalue weighted by atomic mass is 16.5. The number of hydroxylamine groups is 1. The second kappa shape index (κ2) is 7.22. The first kappa shape index (κ1) is 17.2. The lowest BCUT2D eigenvalue weighted by molar-refractivity contribution is -0.129. The van der Waals surface area contributed by atoms with Crippen molar-refractivity contribution in [2.24, 2.45) is 5.41 Å². The molecule has 5 heteroatoms. The van der Waals surface area contributed by atoms with Crippen molar-refractivity contribution >= 4 is 11.8 Å². The zero-order chi connectivity index (χ0) is 16.0. The van der Waals surface area contributed by atoms with Gasteiger partial charge < -0.3 is 5.32 Å². The maximum Gasteiger partial charge on any atom is 0.274 e. The quantitative estimate of drug-likeness (QED) is 0.577. The molecule has 0 bridgehead atoms. The van der Waals surface area contributed by atoms with Crippen LogP contribution in [0.5, 0.6) is 0 Å². The Morgan fingerprint density at radius 2 is 1.76 bits per heavy atom. The van der Waals surface area contributed by atoms with E-state index in [0.29, 0.717) is 5.56 Å². The van der Waals surface area contributed by atoms with E-state index in [2.05, 4.69) is 12.2 Å². The summed E-state index contributed by atoms with van der Waals surface area (Å²) in [5.74, 6) is -0.551. The van der Waals surface area contributed by atoms with Gasteiger partial charge in [0, 0.05) is 11.0 Å². The second-order valence-corrected chi connectivity index (χ2v) is 6.13. The highest BCUT2D eigenvalue weighted by Gasteiger charge is 2.24. The molecule has 1 aromatic carbocycles. The third kappa shape index (κ3) is 4.86. The summed E-state index contributed by atoms with van der Waals surface area (Å²) in [7, 11) is 0. The first-order valence-electron chi connectivity index (χ1n) is 7.15. The van der Waals surface area contributed by atoms with E-state index in [9.17, 15) is 9.59 Å². The van der Waals surface area contributed by atoms with Gasteiger partial charge in [0.15, 0.2) is 0 Å². The second-order valence-electron chi connectivity index (χ2n) is 6.13. The molecule has 21 heavy (non-hydrogen) atoms. The zero-order valence-corrected chi connectivity index (χ0v) is 13.1. The summed E-state index contributed by atoms with van der Waals surface area (Å²) in [5.41, 5.74) is 2.48. The minimum absolute atomic E-state index is 0.00173. The topological polar surface area (TPSA) is 78.4 Å². The SMILES string of the molecule is CCC[C@@H](NC(=O)C(C)(C)C)c1ccc(C(=O)NO)cc1. The number of hydrogen-bond acceptors (Lipinski definition) is 3. The van der Waals surface area contributed by atoms with E-state index in [1.54, 1.807) is 29.7 Å². The van der Waals surface area contributed by atoms with Gasteiger partial charge in [0.25, 0.3) is 5.91 Å². The minimum Gasteiger partial charge on any atom is -0.349 e. The molecular formula is C16H24N2O3. The van der Waals surface area contributed by atoms with Gasteiger partial charge in [0.05, 0.1) is 6.04 Å². The highest BCUT2D eigenvalue weighted by molar-refractivity contribution is 5.93. The van der Waals surface area contributed by atoms with Crippen LogP contribution in [0.25, 0.3) is 0 Å². The van der Waals surface area contributed by atoms with Crippen LogP contribution >= 0.6 is 0 Å². The Hall–Kier alpha value is -1.88. The number of amides is 2. The van der Waals surface area contributed by atoms with Crippen molar-refractivity contribution in [2.75, 3.05) is 0 Å². The molecule has 0 aromatic heterocycles. The monoisotopic (exact) mass is 292 g/mol. The van der Waals surface area contributed by atoms with E-state index in [0.717, 1.165) is 18.4 Å². The molecule has 0 aliphatic rings. The molecule has 2 amide bonds. The van der Waals surface area contributed by atoms with E-state index in [1.165, 1.54) is 0 Å². The van der Waals surface area contributed by atoms with E-state index in [-0.39, 0.29) is 11.9 Å². The van der Waals surface area contributed by atoms with E-state index >= 15 is 0 Å². The third-order valence-electron chi connectivity index (χ3n) is 3.24. The summed E-state index contributed by atoms with van der Waals surface area (Å²) in [6.45, 7) is 7.68. The highest BCUT2D eigenvalue weighted by Crippen LogP contribution is 2.22. The van der Waals surface area contributed by atoms with Crippen LogP contribution < -0.4 is 10.8 Å². The van der Waals surface area contributed by atoms with E-state index in [4.69, 9.17) is 5.21 Å². The van der Waals surface area contributed by atoms with Gasteiger partial charge in [-0.05, 0) is 24.1 Å². The van der Waals surface area contributed by atoms with Crippen LogP contribution in [-0.2, 0) is 4.79 Å². The fourth-order valence-electron chi connectivity index (χ4n) is 1.92. The summed E-state index contributed by atoms with van der Waals surface area (Å²) in [4.78, 5) is 23.4. The summed E-state index contributed by atoms with van der Waals surface area (Å²) in [5, 5.41) is 11.7. The van der Waals surface area contributed by atoms with Crippen LogP contribution in [0.15, 0.2) is 24.3 Å². The first-order chi connectivity index (χ1) is 9.79. The fourth-order valence-corrected chi connectivity index (χ4v) is 1.92. The van der Waals surface area contributed by atoms with Crippen LogP contribution in [0, 0.1) is 5.41 Å². The number of carbonyl (C=O) groups excluding carboxylic acids is 2. The number of hydrogen-bond donors (Lipinski definition) is 3. The Kier molecular flexibility index (Phi) is 5.90. The van der Waals surface area contributed by atoms with Gasteiger partial charge in [0.1, 0.15) is 0 Å².